The van der Waals surface area contributed by atoms with Crippen molar-refractivity contribution in [3.63, 3.8) is 0 Å². The number of carboxylic acids is 1. The summed E-state index contributed by atoms with van der Waals surface area (Å²) in [6.07, 6.45) is 3.44. The van der Waals surface area contributed by atoms with Crippen molar-refractivity contribution in [2.75, 3.05) is 13.1 Å². The van der Waals surface area contributed by atoms with Gasteiger partial charge in [0.25, 0.3) is 0 Å². The molecule has 0 aromatic carbocycles. The van der Waals surface area contributed by atoms with Crippen molar-refractivity contribution in [2.24, 2.45) is 11.8 Å². The van der Waals surface area contributed by atoms with Crippen LogP contribution < -0.4 is 10.6 Å². The number of carbonyl (C=O) groups is 3. The van der Waals surface area contributed by atoms with Gasteiger partial charge < -0.3 is 15.7 Å². The van der Waals surface area contributed by atoms with Crippen LogP contribution in [-0.4, -0.2) is 36.0 Å². The van der Waals surface area contributed by atoms with Crippen LogP contribution in [0.5, 0.6) is 0 Å². The van der Waals surface area contributed by atoms with Crippen LogP contribution >= 0.6 is 0 Å². The highest BCUT2D eigenvalue weighted by molar-refractivity contribution is 5.79. The van der Waals surface area contributed by atoms with E-state index < -0.39 is 5.97 Å². The quantitative estimate of drug-likeness (QED) is 0.655. The number of amides is 2. The Morgan fingerprint density at radius 2 is 1.74 bits per heavy atom. The second kappa shape index (κ2) is 7.76. The molecule has 19 heavy (non-hydrogen) atoms. The van der Waals surface area contributed by atoms with Gasteiger partial charge in [0.2, 0.25) is 11.8 Å². The third-order valence-electron chi connectivity index (χ3n) is 3.50. The van der Waals surface area contributed by atoms with Gasteiger partial charge in [-0.3, -0.25) is 14.4 Å². The number of rotatable bonds is 6. The minimum Gasteiger partial charge on any atom is -0.481 e. The van der Waals surface area contributed by atoms with Gasteiger partial charge in [0.1, 0.15) is 0 Å². The van der Waals surface area contributed by atoms with E-state index in [-0.39, 0.29) is 30.7 Å². The molecule has 1 saturated carbocycles. The van der Waals surface area contributed by atoms with Gasteiger partial charge in [-0.1, -0.05) is 0 Å². The van der Waals surface area contributed by atoms with Crippen molar-refractivity contribution in [3.05, 3.63) is 0 Å². The molecule has 0 spiro atoms. The van der Waals surface area contributed by atoms with Gasteiger partial charge in [-0.25, -0.2) is 0 Å². The number of nitrogens with one attached hydrogen (secondary N) is 2. The summed E-state index contributed by atoms with van der Waals surface area (Å²) in [5.41, 5.74) is 0. The first-order valence-electron chi connectivity index (χ1n) is 6.73. The van der Waals surface area contributed by atoms with Crippen LogP contribution in [0.15, 0.2) is 0 Å². The van der Waals surface area contributed by atoms with Gasteiger partial charge in [-0.2, -0.15) is 0 Å². The van der Waals surface area contributed by atoms with E-state index in [1.807, 2.05) is 0 Å². The zero-order valence-corrected chi connectivity index (χ0v) is 11.3. The van der Waals surface area contributed by atoms with Crippen molar-refractivity contribution in [2.45, 2.75) is 39.0 Å². The maximum absolute atomic E-state index is 11.8. The summed E-state index contributed by atoms with van der Waals surface area (Å²) in [6, 6.07) is 0. The van der Waals surface area contributed by atoms with E-state index >= 15 is 0 Å². The molecule has 0 heterocycles. The topological polar surface area (TPSA) is 95.5 Å². The Labute approximate surface area is 112 Å². The molecule has 0 radical (unpaired) electrons. The predicted molar refractivity (Wildman–Crippen MR) is 69.4 cm³/mol. The summed E-state index contributed by atoms with van der Waals surface area (Å²) in [4.78, 5) is 32.9. The molecule has 0 atom stereocenters. The summed E-state index contributed by atoms with van der Waals surface area (Å²) in [5.74, 6) is -0.526. The lowest BCUT2D eigenvalue weighted by atomic mass is 9.81. The van der Waals surface area contributed by atoms with Crippen LogP contribution in [0, 0.1) is 11.8 Å². The lowest BCUT2D eigenvalue weighted by Crippen LogP contribution is -2.36. The molecular weight excluding hydrogens is 248 g/mol. The third-order valence-corrected chi connectivity index (χ3v) is 3.50. The molecule has 0 aromatic heterocycles. The van der Waals surface area contributed by atoms with E-state index in [4.69, 9.17) is 5.11 Å². The molecule has 2 amide bonds. The summed E-state index contributed by atoms with van der Waals surface area (Å²) < 4.78 is 0. The molecule has 1 aliphatic rings. The van der Waals surface area contributed by atoms with Crippen LogP contribution in [0.2, 0.25) is 0 Å². The van der Waals surface area contributed by atoms with E-state index in [1.165, 1.54) is 6.92 Å². The second-order valence-corrected chi connectivity index (χ2v) is 5.09. The molecule has 0 saturated heterocycles. The predicted octanol–water partition coefficient (Wildman–Crippen LogP) is 0.520. The van der Waals surface area contributed by atoms with E-state index in [1.54, 1.807) is 0 Å². The molecule has 0 aliphatic heterocycles. The van der Waals surface area contributed by atoms with E-state index in [0.29, 0.717) is 12.5 Å². The van der Waals surface area contributed by atoms with E-state index in [9.17, 15) is 14.4 Å². The highest BCUT2D eigenvalue weighted by Gasteiger charge is 2.26. The van der Waals surface area contributed by atoms with Gasteiger partial charge in [-0.05, 0) is 31.6 Å². The maximum atomic E-state index is 11.8. The first kappa shape index (κ1) is 15.5. The first-order chi connectivity index (χ1) is 8.99. The number of hydrogen-bond donors (Lipinski definition) is 3. The molecule has 0 bridgehead atoms. The summed E-state index contributed by atoms with van der Waals surface area (Å²) in [7, 11) is 0. The SMILES string of the molecule is CC(=O)NCC1CCC(C(=O)NCCC(=O)O)CC1. The van der Waals surface area contributed by atoms with Gasteiger partial charge in [0.15, 0.2) is 0 Å². The number of aliphatic carboxylic acids is 1. The number of hydrogen-bond acceptors (Lipinski definition) is 3. The first-order valence-corrected chi connectivity index (χ1v) is 6.73. The summed E-state index contributed by atoms with van der Waals surface area (Å²) in [5, 5.41) is 14.0. The monoisotopic (exact) mass is 270 g/mol. The van der Waals surface area contributed by atoms with E-state index in [0.717, 1.165) is 25.7 Å². The zero-order valence-electron chi connectivity index (χ0n) is 11.3. The van der Waals surface area contributed by atoms with Crippen molar-refractivity contribution in [3.8, 4) is 0 Å². The summed E-state index contributed by atoms with van der Waals surface area (Å²) in [6.45, 7) is 2.38. The average Bonchev–Trinajstić information content (AvgIpc) is 2.36. The maximum Gasteiger partial charge on any atom is 0.305 e. The molecular formula is C13H22N2O4. The minimum atomic E-state index is -0.903. The fourth-order valence-electron chi connectivity index (χ4n) is 2.35. The number of carbonyl (C=O) groups excluding carboxylic acids is 2. The van der Waals surface area contributed by atoms with Gasteiger partial charge in [0.05, 0.1) is 6.42 Å². The Bertz CT molecular complexity index is 336. The van der Waals surface area contributed by atoms with Crippen molar-refractivity contribution >= 4 is 17.8 Å². The smallest absolute Gasteiger partial charge is 0.305 e. The Hall–Kier alpha value is -1.59. The van der Waals surface area contributed by atoms with Crippen molar-refractivity contribution in [1.29, 1.82) is 0 Å². The minimum absolute atomic E-state index is 0.0117. The molecule has 6 nitrogen and oxygen atoms in total. The van der Waals surface area contributed by atoms with Crippen LogP contribution in [-0.2, 0) is 14.4 Å². The highest BCUT2D eigenvalue weighted by atomic mass is 16.4. The lowest BCUT2D eigenvalue weighted by Gasteiger charge is -2.27. The zero-order chi connectivity index (χ0) is 14.3. The Balaban J connectivity index is 2.19. The Kier molecular flexibility index (Phi) is 6.32. The Morgan fingerprint density at radius 1 is 1.11 bits per heavy atom. The van der Waals surface area contributed by atoms with Crippen molar-refractivity contribution in [1.82, 2.24) is 10.6 Å². The molecule has 0 unspecified atom stereocenters. The van der Waals surface area contributed by atoms with Crippen LogP contribution in [0.25, 0.3) is 0 Å². The molecule has 108 valence electrons. The normalized spacial score (nSPS) is 22.6. The second-order valence-electron chi connectivity index (χ2n) is 5.09. The summed E-state index contributed by atoms with van der Waals surface area (Å²) >= 11 is 0. The van der Waals surface area contributed by atoms with Gasteiger partial charge in [-0.15, -0.1) is 0 Å². The number of carboxylic acid groups (broad SMARTS) is 1. The highest BCUT2D eigenvalue weighted by Crippen LogP contribution is 2.28. The molecule has 1 aliphatic carbocycles. The molecule has 6 heteroatoms. The van der Waals surface area contributed by atoms with Gasteiger partial charge >= 0.3 is 5.97 Å². The fraction of sp³-hybridized carbons (Fsp3) is 0.769. The van der Waals surface area contributed by atoms with Crippen LogP contribution in [0.1, 0.15) is 39.0 Å². The lowest BCUT2D eigenvalue weighted by molar-refractivity contribution is -0.137. The third kappa shape index (κ3) is 6.22. The van der Waals surface area contributed by atoms with Crippen molar-refractivity contribution < 1.29 is 19.5 Å². The Morgan fingerprint density at radius 3 is 2.26 bits per heavy atom. The van der Waals surface area contributed by atoms with E-state index in [2.05, 4.69) is 10.6 Å². The van der Waals surface area contributed by atoms with Gasteiger partial charge in [0, 0.05) is 25.9 Å². The largest absolute Gasteiger partial charge is 0.481 e. The standard InChI is InChI=1S/C13H22N2O4/c1-9(16)15-8-10-2-4-11(5-3-10)13(19)14-7-6-12(17)18/h10-11H,2-8H2,1H3,(H,14,19)(H,15,16)(H,17,18). The van der Waals surface area contributed by atoms with Crippen LogP contribution in [0.4, 0.5) is 0 Å². The molecule has 0 aromatic rings. The fourth-order valence-corrected chi connectivity index (χ4v) is 2.35. The average molecular weight is 270 g/mol. The van der Waals surface area contributed by atoms with Crippen LogP contribution in [0.3, 0.4) is 0 Å². The molecule has 3 N–H and O–H groups in total. The molecule has 1 rings (SSSR count). The molecule has 1 fully saturated rings.